The summed E-state index contributed by atoms with van der Waals surface area (Å²) in [6.07, 6.45) is 2.45. The van der Waals surface area contributed by atoms with Crippen molar-refractivity contribution in [1.29, 1.82) is 0 Å². The molecule has 5 rings (SSSR count). The molecule has 37 heavy (non-hydrogen) atoms. The van der Waals surface area contributed by atoms with Gasteiger partial charge in [-0.2, -0.15) is 0 Å². The van der Waals surface area contributed by atoms with E-state index in [0.29, 0.717) is 11.3 Å². The highest BCUT2D eigenvalue weighted by Crippen LogP contribution is 2.33. The Morgan fingerprint density at radius 2 is 1.92 bits per heavy atom. The second kappa shape index (κ2) is 11.5. The molecule has 0 aromatic heterocycles. The Morgan fingerprint density at radius 1 is 1.11 bits per heavy atom. The Morgan fingerprint density at radius 3 is 2.70 bits per heavy atom. The van der Waals surface area contributed by atoms with Crippen LogP contribution in [0.25, 0.3) is 0 Å². The van der Waals surface area contributed by atoms with Gasteiger partial charge < -0.3 is 15.4 Å². The van der Waals surface area contributed by atoms with E-state index in [4.69, 9.17) is 4.74 Å². The van der Waals surface area contributed by atoms with Crippen molar-refractivity contribution in [3.05, 3.63) is 95.1 Å². The van der Waals surface area contributed by atoms with Crippen molar-refractivity contribution in [2.75, 3.05) is 31.6 Å². The predicted molar refractivity (Wildman–Crippen MR) is 145 cm³/mol. The zero-order chi connectivity index (χ0) is 25.6. The molecule has 0 bridgehead atoms. The molecule has 2 atom stereocenters. The summed E-state index contributed by atoms with van der Waals surface area (Å²) in [6.45, 7) is 6.27. The monoisotopic (exact) mass is 496 g/mol. The van der Waals surface area contributed by atoms with Crippen LogP contribution in [0.4, 0.5) is 11.4 Å². The average Bonchev–Trinajstić information content (AvgIpc) is 3.25. The quantitative estimate of drug-likeness (QED) is 0.437. The third-order valence-corrected chi connectivity index (χ3v) is 6.90. The summed E-state index contributed by atoms with van der Waals surface area (Å²) in [5, 5.41) is 6.04. The van der Waals surface area contributed by atoms with E-state index in [9.17, 15) is 9.59 Å². The van der Waals surface area contributed by atoms with Crippen LogP contribution in [0.2, 0.25) is 0 Å². The number of fused-ring (bicyclic) bond motifs is 1. The molecule has 2 N–H and O–H groups in total. The maximum Gasteiger partial charge on any atom is 0.251 e. The fraction of sp³-hybridized carbons (Fsp3) is 0.300. The second-order valence-electron chi connectivity index (χ2n) is 9.45. The van der Waals surface area contributed by atoms with Gasteiger partial charge in [-0.3, -0.25) is 19.5 Å². The van der Waals surface area contributed by atoms with E-state index >= 15 is 0 Å². The second-order valence-corrected chi connectivity index (χ2v) is 9.45. The lowest BCUT2D eigenvalue weighted by molar-refractivity contribution is -0.115. The van der Waals surface area contributed by atoms with Gasteiger partial charge in [-0.05, 0) is 53.4 Å². The molecule has 1 unspecified atom stereocenters. The number of anilines is 1. The Labute approximate surface area is 217 Å². The van der Waals surface area contributed by atoms with Crippen molar-refractivity contribution in [2.24, 2.45) is 4.99 Å². The molecule has 190 valence electrons. The van der Waals surface area contributed by atoms with Crippen LogP contribution in [0.5, 0.6) is 0 Å². The number of nitrogens with zero attached hydrogens (tertiary/aromatic N) is 2. The fourth-order valence-corrected chi connectivity index (χ4v) is 4.84. The minimum Gasteiger partial charge on any atom is -0.379 e. The van der Waals surface area contributed by atoms with Gasteiger partial charge in [-0.25, -0.2) is 0 Å². The van der Waals surface area contributed by atoms with Crippen LogP contribution in [-0.2, 0) is 16.1 Å². The highest BCUT2D eigenvalue weighted by molar-refractivity contribution is 6.13. The number of aliphatic imine (C=N–C) groups is 1. The SMILES string of the molecule is CC[C@@H](NC(=O)c1ccc2c(c1)C(C=Nc1cccc(CN3CCOCC3)c1)C(=O)N2)c1ccccc1. The first-order valence-electron chi connectivity index (χ1n) is 12.8. The van der Waals surface area contributed by atoms with Crippen molar-refractivity contribution < 1.29 is 14.3 Å². The van der Waals surface area contributed by atoms with Crippen LogP contribution in [0.1, 0.15) is 52.4 Å². The summed E-state index contributed by atoms with van der Waals surface area (Å²) in [7, 11) is 0. The number of carbonyl (C=O) groups is 2. The molecule has 0 radical (unpaired) electrons. The van der Waals surface area contributed by atoms with Crippen molar-refractivity contribution in [3.63, 3.8) is 0 Å². The minimum atomic E-state index is -0.554. The first-order valence-corrected chi connectivity index (χ1v) is 12.8. The van der Waals surface area contributed by atoms with Gasteiger partial charge in [0.2, 0.25) is 5.91 Å². The lowest BCUT2D eigenvalue weighted by Crippen LogP contribution is -2.35. The Kier molecular flexibility index (Phi) is 7.73. The van der Waals surface area contributed by atoms with E-state index in [-0.39, 0.29) is 17.9 Å². The average molecular weight is 497 g/mol. The summed E-state index contributed by atoms with van der Waals surface area (Å²) in [5.74, 6) is -0.859. The van der Waals surface area contributed by atoms with Crippen LogP contribution < -0.4 is 10.6 Å². The summed E-state index contributed by atoms with van der Waals surface area (Å²) < 4.78 is 5.44. The molecule has 1 saturated heterocycles. The van der Waals surface area contributed by atoms with Crippen molar-refractivity contribution in [3.8, 4) is 0 Å². The minimum absolute atomic E-state index is 0.0798. The van der Waals surface area contributed by atoms with E-state index in [1.54, 1.807) is 24.4 Å². The number of rotatable bonds is 8. The number of nitrogens with one attached hydrogen (secondary N) is 2. The first-order chi connectivity index (χ1) is 18.1. The molecule has 0 saturated carbocycles. The number of amides is 2. The lowest BCUT2D eigenvalue weighted by atomic mass is 9.98. The molecular formula is C30H32N4O3. The number of hydrogen-bond donors (Lipinski definition) is 2. The van der Waals surface area contributed by atoms with Crippen LogP contribution in [0, 0.1) is 0 Å². The van der Waals surface area contributed by atoms with E-state index in [1.807, 2.05) is 49.4 Å². The van der Waals surface area contributed by atoms with E-state index in [0.717, 1.165) is 56.1 Å². The molecule has 2 aliphatic rings. The van der Waals surface area contributed by atoms with Gasteiger partial charge in [-0.1, -0.05) is 49.4 Å². The van der Waals surface area contributed by atoms with Crippen molar-refractivity contribution in [1.82, 2.24) is 10.2 Å². The summed E-state index contributed by atoms with van der Waals surface area (Å²) in [6, 6.07) is 23.3. The van der Waals surface area contributed by atoms with Gasteiger partial charge in [0.05, 0.1) is 24.9 Å². The normalized spacial score (nSPS) is 18.4. The van der Waals surface area contributed by atoms with E-state index in [2.05, 4.69) is 32.7 Å². The molecule has 7 nitrogen and oxygen atoms in total. The van der Waals surface area contributed by atoms with Gasteiger partial charge in [0.25, 0.3) is 5.91 Å². The third kappa shape index (κ3) is 5.96. The number of ether oxygens (including phenoxy) is 1. The molecule has 3 aromatic carbocycles. The lowest BCUT2D eigenvalue weighted by Gasteiger charge is -2.26. The Hall–Kier alpha value is -3.81. The number of benzene rings is 3. The topological polar surface area (TPSA) is 83.0 Å². The Balaban J connectivity index is 1.30. The van der Waals surface area contributed by atoms with E-state index < -0.39 is 5.92 Å². The zero-order valence-electron chi connectivity index (χ0n) is 21.0. The maximum atomic E-state index is 13.1. The largest absolute Gasteiger partial charge is 0.379 e. The maximum absolute atomic E-state index is 13.1. The molecule has 0 spiro atoms. The molecule has 2 amide bonds. The highest BCUT2D eigenvalue weighted by atomic mass is 16.5. The van der Waals surface area contributed by atoms with Gasteiger partial charge in [-0.15, -0.1) is 0 Å². The number of morpholine rings is 1. The fourth-order valence-electron chi connectivity index (χ4n) is 4.84. The zero-order valence-corrected chi connectivity index (χ0v) is 21.0. The van der Waals surface area contributed by atoms with Crippen molar-refractivity contribution in [2.45, 2.75) is 31.8 Å². The molecule has 2 aliphatic heterocycles. The van der Waals surface area contributed by atoms with Crippen LogP contribution in [0.15, 0.2) is 77.8 Å². The summed E-state index contributed by atoms with van der Waals surface area (Å²) >= 11 is 0. The van der Waals surface area contributed by atoms with Crippen LogP contribution in [0.3, 0.4) is 0 Å². The third-order valence-electron chi connectivity index (χ3n) is 6.90. The van der Waals surface area contributed by atoms with Crippen LogP contribution >= 0.6 is 0 Å². The molecule has 2 heterocycles. The standard InChI is InChI=1S/C30H32N4O3/c1-2-27(22-8-4-3-5-9-22)32-29(35)23-11-12-28-25(18-23)26(30(36)33-28)19-31-24-10-6-7-21(17-24)20-34-13-15-37-16-14-34/h3-12,17-19,26-27H,2,13-16,20H2,1H3,(H,32,35)(H,33,36)/t26?,27-/m1/s1. The summed E-state index contributed by atoms with van der Waals surface area (Å²) in [5.41, 5.74) is 5.05. The van der Waals surface area contributed by atoms with E-state index in [1.165, 1.54) is 5.56 Å². The van der Waals surface area contributed by atoms with Gasteiger partial charge in [0.15, 0.2) is 0 Å². The smallest absolute Gasteiger partial charge is 0.251 e. The number of hydrogen-bond acceptors (Lipinski definition) is 5. The first kappa shape index (κ1) is 24.9. The molecule has 3 aromatic rings. The highest BCUT2D eigenvalue weighted by Gasteiger charge is 2.30. The van der Waals surface area contributed by atoms with Gasteiger partial charge in [0, 0.05) is 37.1 Å². The van der Waals surface area contributed by atoms with Gasteiger partial charge >= 0.3 is 0 Å². The van der Waals surface area contributed by atoms with Gasteiger partial charge in [0.1, 0.15) is 5.92 Å². The summed E-state index contributed by atoms with van der Waals surface area (Å²) in [4.78, 5) is 32.8. The molecule has 0 aliphatic carbocycles. The molecule has 7 heteroatoms. The van der Waals surface area contributed by atoms with Crippen molar-refractivity contribution >= 4 is 29.4 Å². The predicted octanol–water partition coefficient (Wildman–Crippen LogP) is 4.84. The Bertz CT molecular complexity index is 1280. The van der Waals surface area contributed by atoms with Crippen LogP contribution in [-0.4, -0.2) is 49.2 Å². The molecule has 1 fully saturated rings. The number of carbonyl (C=O) groups excluding carboxylic acids is 2. The molecular weight excluding hydrogens is 464 g/mol.